The Kier molecular flexibility index (Phi) is 2.70. The second-order valence-corrected chi connectivity index (χ2v) is 4.86. The molecule has 4 nitrogen and oxygen atoms in total. The van der Waals surface area contributed by atoms with Crippen molar-refractivity contribution >= 4 is 21.6 Å². The molecule has 2 N–H and O–H groups in total. The lowest BCUT2D eigenvalue weighted by molar-refractivity contribution is 0.216. The van der Waals surface area contributed by atoms with Gasteiger partial charge >= 0.3 is 0 Å². The van der Waals surface area contributed by atoms with Gasteiger partial charge in [-0.05, 0) is 18.2 Å². The van der Waals surface area contributed by atoms with Crippen LogP contribution in [0.5, 0.6) is 5.19 Å². The maximum absolute atomic E-state index is 10.3. The largest absolute Gasteiger partial charge is 0.486 e. The van der Waals surface area contributed by atoms with Crippen molar-refractivity contribution in [3.05, 3.63) is 53.9 Å². The van der Waals surface area contributed by atoms with Crippen molar-refractivity contribution in [2.24, 2.45) is 0 Å². The number of para-hydroxylation sites is 1. The smallest absolute Gasteiger partial charge is 0.271 e. The zero-order chi connectivity index (χ0) is 12.5. The molecule has 1 aromatic carbocycles. The van der Waals surface area contributed by atoms with E-state index in [1.54, 1.807) is 24.4 Å². The summed E-state index contributed by atoms with van der Waals surface area (Å²) in [6, 6.07) is 10.9. The fraction of sp³-hybridized carbons (Fsp3) is 0.0769. The van der Waals surface area contributed by atoms with E-state index < -0.39 is 6.10 Å². The fourth-order valence-electron chi connectivity index (χ4n) is 1.88. The van der Waals surface area contributed by atoms with Crippen LogP contribution in [0.25, 0.3) is 10.2 Å². The van der Waals surface area contributed by atoms with Gasteiger partial charge in [0.1, 0.15) is 6.10 Å². The molecule has 3 aromatic rings. The molecular formula is C13H10N2O2S. The molecule has 0 spiro atoms. The highest BCUT2D eigenvalue weighted by Crippen LogP contribution is 2.33. The monoisotopic (exact) mass is 258 g/mol. The zero-order valence-electron chi connectivity index (χ0n) is 9.32. The first-order valence-corrected chi connectivity index (χ1v) is 6.25. The van der Waals surface area contributed by atoms with Gasteiger partial charge in [0, 0.05) is 11.8 Å². The van der Waals surface area contributed by atoms with E-state index in [2.05, 4.69) is 9.97 Å². The second kappa shape index (κ2) is 4.36. The molecule has 5 heteroatoms. The number of pyridine rings is 1. The number of fused-ring (bicyclic) bond motifs is 1. The minimum atomic E-state index is -0.837. The molecule has 3 rings (SSSR count). The highest BCUT2D eigenvalue weighted by molar-refractivity contribution is 7.20. The van der Waals surface area contributed by atoms with Crippen LogP contribution in [-0.4, -0.2) is 20.2 Å². The number of benzene rings is 1. The van der Waals surface area contributed by atoms with Crippen LogP contribution < -0.4 is 0 Å². The third kappa shape index (κ3) is 1.83. The molecule has 0 saturated carbocycles. The molecule has 0 fully saturated rings. The van der Waals surface area contributed by atoms with Crippen LogP contribution in [0.1, 0.15) is 17.4 Å². The topological polar surface area (TPSA) is 66.2 Å². The lowest BCUT2D eigenvalue weighted by Crippen LogP contribution is -2.02. The number of hydrogen-bond donors (Lipinski definition) is 2. The Labute approximate surface area is 107 Å². The van der Waals surface area contributed by atoms with Crippen molar-refractivity contribution in [3.63, 3.8) is 0 Å². The Balaban J connectivity index is 2.14. The normalized spacial score (nSPS) is 12.7. The predicted octanol–water partition coefficient (Wildman–Crippen LogP) is 2.48. The Hall–Kier alpha value is -1.98. The van der Waals surface area contributed by atoms with Gasteiger partial charge in [0.15, 0.2) is 0 Å². The molecule has 0 aliphatic heterocycles. The number of rotatable bonds is 2. The molecular weight excluding hydrogens is 248 g/mol. The first-order chi connectivity index (χ1) is 8.75. The van der Waals surface area contributed by atoms with Gasteiger partial charge in [-0.25, -0.2) is 4.98 Å². The second-order valence-electron chi connectivity index (χ2n) is 3.85. The van der Waals surface area contributed by atoms with E-state index in [9.17, 15) is 10.2 Å². The third-order valence-corrected chi connectivity index (χ3v) is 3.52. The van der Waals surface area contributed by atoms with E-state index in [1.807, 2.05) is 18.2 Å². The van der Waals surface area contributed by atoms with Crippen LogP contribution in [-0.2, 0) is 0 Å². The average molecular weight is 258 g/mol. The minimum absolute atomic E-state index is 0.00525. The minimum Gasteiger partial charge on any atom is -0.486 e. The van der Waals surface area contributed by atoms with Gasteiger partial charge in [0.2, 0.25) is 0 Å². The first kappa shape index (κ1) is 11.1. The van der Waals surface area contributed by atoms with Crippen molar-refractivity contribution in [2.75, 3.05) is 0 Å². The molecule has 18 heavy (non-hydrogen) atoms. The van der Waals surface area contributed by atoms with Gasteiger partial charge in [0.25, 0.3) is 5.19 Å². The van der Waals surface area contributed by atoms with Crippen LogP contribution >= 0.6 is 11.3 Å². The summed E-state index contributed by atoms with van der Waals surface area (Å²) >= 11 is 1.19. The molecule has 0 saturated heterocycles. The summed E-state index contributed by atoms with van der Waals surface area (Å²) in [5.74, 6) is 0. The number of nitrogens with zero attached hydrogens (tertiary/aromatic N) is 2. The van der Waals surface area contributed by atoms with Gasteiger partial charge in [-0.15, -0.1) is 0 Å². The Morgan fingerprint density at radius 1 is 1.11 bits per heavy atom. The Morgan fingerprint density at radius 3 is 2.78 bits per heavy atom. The summed E-state index contributed by atoms with van der Waals surface area (Å²) in [4.78, 5) is 8.18. The molecule has 0 radical (unpaired) electrons. The zero-order valence-corrected chi connectivity index (χ0v) is 10.1. The maximum atomic E-state index is 10.3. The van der Waals surface area contributed by atoms with E-state index in [0.717, 1.165) is 4.70 Å². The van der Waals surface area contributed by atoms with Gasteiger partial charge in [-0.3, -0.25) is 4.98 Å². The molecule has 0 aliphatic carbocycles. The SMILES string of the molecule is Oc1nc2c(C(O)c3ccccn3)cccc2s1. The predicted molar refractivity (Wildman–Crippen MR) is 69.6 cm³/mol. The van der Waals surface area contributed by atoms with Crippen molar-refractivity contribution in [2.45, 2.75) is 6.10 Å². The number of aromatic hydroxyl groups is 1. The third-order valence-electron chi connectivity index (χ3n) is 2.70. The molecule has 2 aromatic heterocycles. The van der Waals surface area contributed by atoms with E-state index in [0.29, 0.717) is 16.8 Å². The summed E-state index contributed by atoms with van der Waals surface area (Å²) in [6.45, 7) is 0. The van der Waals surface area contributed by atoms with E-state index in [4.69, 9.17) is 0 Å². The Bertz CT molecular complexity index is 682. The van der Waals surface area contributed by atoms with E-state index in [-0.39, 0.29) is 5.19 Å². The summed E-state index contributed by atoms with van der Waals surface area (Å²) in [6.07, 6.45) is 0.799. The fourth-order valence-corrected chi connectivity index (χ4v) is 2.62. The van der Waals surface area contributed by atoms with Crippen molar-refractivity contribution in [1.29, 1.82) is 0 Å². The van der Waals surface area contributed by atoms with Crippen LogP contribution in [0, 0.1) is 0 Å². The molecule has 90 valence electrons. The Morgan fingerprint density at radius 2 is 2.00 bits per heavy atom. The van der Waals surface area contributed by atoms with Gasteiger partial charge in [-0.2, -0.15) is 0 Å². The lowest BCUT2D eigenvalue weighted by Gasteiger charge is -2.10. The van der Waals surface area contributed by atoms with E-state index in [1.165, 1.54) is 11.3 Å². The average Bonchev–Trinajstić information content (AvgIpc) is 2.79. The van der Waals surface area contributed by atoms with Gasteiger partial charge in [-0.1, -0.05) is 29.5 Å². The quantitative estimate of drug-likeness (QED) is 0.741. The summed E-state index contributed by atoms with van der Waals surface area (Å²) < 4.78 is 0.847. The molecule has 0 bridgehead atoms. The summed E-state index contributed by atoms with van der Waals surface area (Å²) in [5, 5.41) is 19.8. The molecule has 1 atom stereocenters. The van der Waals surface area contributed by atoms with Gasteiger partial charge < -0.3 is 10.2 Å². The van der Waals surface area contributed by atoms with Crippen LogP contribution in [0.15, 0.2) is 42.6 Å². The van der Waals surface area contributed by atoms with Crippen molar-refractivity contribution < 1.29 is 10.2 Å². The van der Waals surface area contributed by atoms with Gasteiger partial charge in [0.05, 0.1) is 15.9 Å². The van der Waals surface area contributed by atoms with Crippen LogP contribution in [0.4, 0.5) is 0 Å². The number of aromatic nitrogens is 2. The number of hydrogen-bond acceptors (Lipinski definition) is 5. The van der Waals surface area contributed by atoms with Crippen LogP contribution in [0.3, 0.4) is 0 Å². The number of aliphatic hydroxyl groups excluding tert-OH is 1. The number of aliphatic hydroxyl groups is 1. The molecule has 2 heterocycles. The van der Waals surface area contributed by atoms with Crippen molar-refractivity contribution in [3.8, 4) is 5.19 Å². The highest BCUT2D eigenvalue weighted by Gasteiger charge is 2.16. The van der Waals surface area contributed by atoms with Crippen molar-refractivity contribution in [1.82, 2.24) is 9.97 Å². The molecule has 0 aliphatic rings. The lowest BCUT2D eigenvalue weighted by atomic mass is 10.0. The highest BCUT2D eigenvalue weighted by atomic mass is 32.1. The standard InChI is InChI=1S/C13H10N2O2S/c16-12(9-5-1-2-7-14-9)8-4-3-6-10-11(8)15-13(17)18-10/h1-7,12,16H,(H,15,17). The summed E-state index contributed by atoms with van der Waals surface area (Å²) in [7, 11) is 0. The number of thiazole rings is 1. The van der Waals surface area contributed by atoms with E-state index >= 15 is 0 Å². The maximum Gasteiger partial charge on any atom is 0.271 e. The van der Waals surface area contributed by atoms with Crippen LogP contribution in [0.2, 0.25) is 0 Å². The first-order valence-electron chi connectivity index (χ1n) is 5.43. The molecule has 1 unspecified atom stereocenters. The molecule has 0 amide bonds. The summed E-state index contributed by atoms with van der Waals surface area (Å²) in [5.41, 5.74) is 1.85.